The number of para-hydroxylation sites is 1. The first kappa shape index (κ1) is 29.9. The summed E-state index contributed by atoms with van der Waals surface area (Å²) in [5, 5.41) is 3.91. The van der Waals surface area contributed by atoms with E-state index in [0.29, 0.717) is 26.9 Å². The van der Waals surface area contributed by atoms with Gasteiger partial charge in [0.2, 0.25) is 11.8 Å². The van der Waals surface area contributed by atoms with Gasteiger partial charge < -0.3 is 10.2 Å². The smallest absolute Gasteiger partial charge is 0.264 e. The highest BCUT2D eigenvalue weighted by Gasteiger charge is 2.34. The standard InChI is InChI=1S/C30H33Cl2N3O4S/c1-21-9-3-8-14-28(21)35(40(38,39)26-17-15-24(31)16-18-26)20-29(36)34(19-23-10-4-7-13-27(23)32)22(2)30(37)33-25-11-5-6-12-25/h3-4,7-10,13-18,22,25H,5-6,11-12,19-20H2,1-2H3,(H,33,37)/t22-/m1/s1. The number of nitrogens with zero attached hydrogens (tertiary/aromatic N) is 2. The van der Waals surface area contributed by atoms with Crippen molar-refractivity contribution in [2.24, 2.45) is 0 Å². The van der Waals surface area contributed by atoms with E-state index in [1.54, 1.807) is 62.4 Å². The second kappa shape index (κ2) is 13.1. The Morgan fingerprint density at radius 1 is 0.950 bits per heavy atom. The van der Waals surface area contributed by atoms with Crippen LogP contribution in [0.5, 0.6) is 0 Å². The van der Waals surface area contributed by atoms with Crippen molar-refractivity contribution < 1.29 is 18.0 Å². The summed E-state index contributed by atoms with van der Waals surface area (Å²) in [5.74, 6) is -0.815. The molecular formula is C30H33Cl2N3O4S. The topological polar surface area (TPSA) is 86.8 Å². The minimum absolute atomic E-state index is 0.00219. The van der Waals surface area contributed by atoms with Gasteiger partial charge in [0.1, 0.15) is 12.6 Å². The number of hydrogen-bond acceptors (Lipinski definition) is 4. The third kappa shape index (κ3) is 6.97. The summed E-state index contributed by atoms with van der Waals surface area (Å²) in [4.78, 5) is 28.7. The van der Waals surface area contributed by atoms with Crippen LogP contribution >= 0.6 is 23.2 Å². The molecule has 0 spiro atoms. The third-order valence-corrected chi connectivity index (χ3v) is 9.63. The zero-order chi connectivity index (χ0) is 28.9. The van der Waals surface area contributed by atoms with E-state index in [2.05, 4.69) is 5.32 Å². The lowest BCUT2D eigenvalue weighted by molar-refractivity contribution is -0.139. The molecule has 0 heterocycles. The van der Waals surface area contributed by atoms with Gasteiger partial charge in [-0.2, -0.15) is 0 Å². The van der Waals surface area contributed by atoms with Crippen LogP contribution < -0.4 is 9.62 Å². The van der Waals surface area contributed by atoms with Gasteiger partial charge in [-0.25, -0.2) is 8.42 Å². The Morgan fingerprint density at radius 2 is 1.57 bits per heavy atom. The second-order valence-electron chi connectivity index (χ2n) is 10.0. The minimum Gasteiger partial charge on any atom is -0.352 e. The maximum atomic E-state index is 14.0. The number of carbonyl (C=O) groups excluding carboxylic acids is 2. The molecule has 0 bridgehead atoms. The SMILES string of the molecule is Cc1ccccc1N(CC(=O)N(Cc1ccccc1Cl)[C@H](C)C(=O)NC1CCCC1)S(=O)(=O)c1ccc(Cl)cc1. The second-order valence-corrected chi connectivity index (χ2v) is 12.7. The summed E-state index contributed by atoms with van der Waals surface area (Å²) in [7, 11) is -4.17. The number of anilines is 1. The van der Waals surface area contributed by atoms with Crippen molar-refractivity contribution >= 4 is 50.7 Å². The molecule has 1 aliphatic rings. The van der Waals surface area contributed by atoms with Gasteiger partial charge in [0.15, 0.2) is 0 Å². The lowest BCUT2D eigenvalue weighted by Gasteiger charge is -2.33. The summed E-state index contributed by atoms with van der Waals surface area (Å²) in [6.45, 7) is 2.97. The molecule has 3 aromatic carbocycles. The summed E-state index contributed by atoms with van der Waals surface area (Å²) in [6, 6.07) is 19.1. The van der Waals surface area contributed by atoms with Crippen LogP contribution in [0.2, 0.25) is 10.0 Å². The van der Waals surface area contributed by atoms with Gasteiger partial charge in [-0.05, 0) is 74.2 Å². The Labute approximate surface area is 246 Å². The van der Waals surface area contributed by atoms with Crippen molar-refractivity contribution in [3.8, 4) is 0 Å². The first-order valence-electron chi connectivity index (χ1n) is 13.2. The lowest BCUT2D eigenvalue weighted by Crippen LogP contribution is -2.52. The number of carbonyl (C=O) groups is 2. The fourth-order valence-electron chi connectivity index (χ4n) is 4.88. The summed E-state index contributed by atoms with van der Waals surface area (Å²) in [5.41, 5.74) is 1.70. The highest BCUT2D eigenvalue weighted by Crippen LogP contribution is 2.28. The molecule has 1 fully saturated rings. The molecule has 0 radical (unpaired) electrons. The molecule has 1 N–H and O–H groups in total. The number of nitrogens with one attached hydrogen (secondary N) is 1. The molecule has 4 rings (SSSR count). The van der Waals surface area contributed by atoms with Crippen LogP contribution in [-0.2, 0) is 26.2 Å². The molecule has 0 unspecified atom stereocenters. The van der Waals surface area contributed by atoms with Crippen molar-refractivity contribution in [2.45, 2.75) is 63.1 Å². The molecule has 1 atom stereocenters. The van der Waals surface area contributed by atoms with E-state index in [4.69, 9.17) is 23.2 Å². The van der Waals surface area contributed by atoms with Crippen LogP contribution in [-0.4, -0.2) is 43.8 Å². The molecule has 3 aromatic rings. The molecule has 0 aromatic heterocycles. The van der Waals surface area contributed by atoms with E-state index in [0.717, 1.165) is 30.0 Å². The number of sulfonamides is 1. The van der Waals surface area contributed by atoms with Crippen LogP contribution in [0.3, 0.4) is 0 Å². The van der Waals surface area contributed by atoms with Crippen molar-refractivity contribution in [3.63, 3.8) is 0 Å². The molecule has 10 heteroatoms. The first-order chi connectivity index (χ1) is 19.1. The Hall–Kier alpha value is -3.07. The average molecular weight is 603 g/mol. The number of aryl methyl sites for hydroxylation is 1. The predicted octanol–water partition coefficient (Wildman–Crippen LogP) is 5.97. The molecule has 212 valence electrons. The van der Waals surface area contributed by atoms with Gasteiger partial charge in [0, 0.05) is 22.6 Å². The molecule has 1 aliphatic carbocycles. The zero-order valence-electron chi connectivity index (χ0n) is 22.5. The summed E-state index contributed by atoms with van der Waals surface area (Å²) < 4.78 is 28.9. The van der Waals surface area contributed by atoms with E-state index in [1.165, 1.54) is 29.2 Å². The van der Waals surface area contributed by atoms with E-state index in [-0.39, 0.29) is 23.4 Å². The van der Waals surface area contributed by atoms with Gasteiger partial charge in [0.05, 0.1) is 10.6 Å². The quantitative estimate of drug-likeness (QED) is 0.310. The van der Waals surface area contributed by atoms with Crippen LogP contribution in [0.15, 0.2) is 77.7 Å². The Morgan fingerprint density at radius 3 is 2.23 bits per heavy atom. The minimum atomic E-state index is -4.17. The van der Waals surface area contributed by atoms with E-state index in [9.17, 15) is 18.0 Å². The van der Waals surface area contributed by atoms with Gasteiger partial charge in [-0.15, -0.1) is 0 Å². The molecule has 7 nitrogen and oxygen atoms in total. The zero-order valence-corrected chi connectivity index (χ0v) is 24.8. The van der Waals surface area contributed by atoms with Crippen LogP contribution in [0.4, 0.5) is 5.69 Å². The lowest BCUT2D eigenvalue weighted by atomic mass is 10.1. The largest absolute Gasteiger partial charge is 0.352 e. The van der Waals surface area contributed by atoms with Crippen molar-refractivity contribution in [3.05, 3.63) is 94.0 Å². The predicted molar refractivity (Wildman–Crippen MR) is 159 cm³/mol. The maximum absolute atomic E-state index is 14.0. The van der Waals surface area contributed by atoms with E-state index in [1.807, 2.05) is 0 Å². The van der Waals surface area contributed by atoms with Gasteiger partial charge in [-0.3, -0.25) is 13.9 Å². The van der Waals surface area contributed by atoms with E-state index < -0.39 is 28.5 Å². The van der Waals surface area contributed by atoms with Gasteiger partial charge in [0.25, 0.3) is 10.0 Å². The molecule has 2 amide bonds. The monoisotopic (exact) mass is 601 g/mol. The van der Waals surface area contributed by atoms with E-state index >= 15 is 0 Å². The molecule has 0 aliphatic heterocycles. The highest BCUT2D eigenvalue weighted by molar-refractivity contribution is 7.92. The Kier molecular flexibility index (Phi) is 9.77. The van der Waals surface area contributed by atoms with Crippen molar-refractivity contribution in [2.75, 3.05) is 10.8 Å². The highest BCUT2D eigenvalue weighted by atomic mass is 35.5. The Balaban J connectivity index is 1.70. The normalized spacial score (nSPS) is 14.5. The average Bonchev–Trinajstić information content (AvgIpc) is 3.44. The van der Waals surface area contributed by atoms with Crippen LogP contribution in [0.25, 0.3) is 0 Å². The van der Waals surface area contributed by atoms with Crippen molar-refractivity contribution in [1.29, 1.82) is 0 Å². The van der Waals surface area contributed by atoms with Crippen LogP contribution in [0, 0.1) is 6.92 Å². The number of amides is 2. The fourth-order valence-corrected chi connectivity index (χ4v) is 6.68. The molecule has 1 saturated carbocycles. The van der Waals surface area contributed by atoms with Crippen molar-refractivity contribution in [1.82, 2.24) is 10.2 Å². The summed E-state index contributed by atoms with van der Waals surface area (Å²) >= 11 is 12.4. The maximum Gasteiger partial charge on any atom is 0.264 e. The molecule has 0 saturated heterocycles. The van der Waals surface area contributed by atoms with Gasteiger partial charge in [-0.1, -0.05) is 72.4 Å². The first-order valence-corrected chi connectivity index (χ1v) is 15.4. The third-order valence-electron chi connectivity index (χ3n) is 7.23. The fraction of sp³-hybridized carbons (Fsp3) is 0.333. The molecular weight excluding hydrogens is 569 g/mol. The summed E-state index contributed by atoms with van der Waals surface area (Å²) in [6.07, 6.45) is 3.90. The van der Waals surface area contributed by atoms with Crippen LogP contribution in [0.1, 0.15) is 43.7 Å². The molecule has 40 heavy (non-hydrogen) atoms. The number of benzene rings is 3. The number of hydrogen-bond donors (Lipinski definition) is 1. The number of rotatable bonds is 10. The van der Waals surface area contributed by atoms with Gasteiger partial charge >= 0.3 is 0 Å². The Bertz CT molecular complexity index is 1460. The number of halogens is 2.